The summed E-state index contributed by atoms with van der Waals surface area (Å²) >= 11 is 0. The van der Waals surface area contributed by atoms with E-state index in [-0.39, 0.29) is 0 Å². The smallest absolute Gasteiger partial charge is 0.0874 e. The normalized spacial score (nSPS) is 26.7. The first-order valence-electron chi connectivity index (χ1n) is 6.62. The van der Waals surface area contributed by atoms with Crippen molar-refractivity contribution in [3.8, 4) is 0 Å². The van der Waals surface area contributed by atoms with Gasteiger partial charge in [-0.3, -0.25) is 4.99 Å². The Morgan fingerprint density at radius 2 is 2.29 bits per heavy atom. The van der Waals surface area contributed by atoms with Crippen molar-refractivity contribution in [2.24, 2.45) is 16.3 Å². The van der Waals surface area contributed by atoms with E-state index in [1.165, 1.54) is 31.6 Å². The lowest BCUT2D eigenvalue weighted by Crippen LogP contribution is -2.22. The Morgan fingerprint density at radius 1 is 1.53 bits per heavy atom. The molecular weight excluding hydrogens is 214 g/mol. The van der Waals surface area contributed by atoms with E-state index in [9.17, 15) is 0 Å². The van der Waals surface area contributed by atoms with Crippen LogP contribution in [0.15, 0.2) is 4.99 Å². The number of likely N-dealkylation sites (tertiary alicyclic amines) is 1. The van der Waals surface area contributed by atoms with Gasteiger partial charge in [-0.25, -0.2) is 5.90 Å². The molecule has 1 aliphatic rings. The molecule has 0 radical (unpaired) electrons. The zero-order valence-electron chi connectivity index (χ0n) is 11.5. The summed E-state index contributed by atoms with van der Waals surface area (Å²) in [5.74, 6) is 4.99. The molecule has 2 N–H and O–H groups in total. The fourth-order valence-electron chi connectivity index (χ4n) is 2.54. The Bertz CT molecular complexity index is 255. The van der Waals surface area contributed by atoms with Crippen LogP contribution in [0, 0.1) is 5.41 Å². The van der Waals surface area contributed by atoms with E-state index in [2.05, 4.69) is 35.6 Å². The fraction of sp³-hybridized carbons (Fsp3) is 0.923. The van der Waals surface area contributed by atoms with E-state index in [4.69, 9.17) is 5.90 Å². The standard InChI is InChI=1S/C13H27N3O/c1-4-12(15-8-10-17-14)5-6-13(2)7-9-16(3)11-13/h4-11,14H2,1-3H3. The molecule has 4 heteroatoms. The zero-order valence-corrected chi connectivity index (χ0v) is 11.5. The van der Waals surface area contributed by atoms with Gasteiger partial charge >= 0.3 is 0 Å². The number of nitrogens with two attached hydrogens (primary N) is 1. The van der Waals surface area contributed by atoms with Crippen LogP contribution in [0.1, 0.15) is 39.5 Å². The van der Waals surface area contributed by atoms with Crippen molar-refractivity contribution < 1.29 is 4.84 Å². The molecule has 1 heterocycles. The predicted octanol–water partition coefficient (Wildman–Crippen LogP) is 1.85. The van der Waals surface area contributed by atoms with Crippen LogP contribution in [-0.4, -0.2) is 43.9 Å². The molecule has 0 aromatic rings. The minimum Gasteiger partial charge on any atom is -0.306 e. The van der Waals surface area contributed by atoms with Gasteiger partial charge < -0.3 is 9.74 Å². The Kier molecular flexibility index (Phi) is 6.09. The maximum atomic E-state index is 4.99. The summed E-state index contributed by atoms with van der Waals surface area (Å²) in [6.45, 7) is 8.23. The number of nitrogens with zero attached hydrogens (tertiary/aromatic N) is 2. The van der Waals surface area contributed by atoms with Crippen molar-refractivity contribution in [2.75, 3.05) is 33.3 Å². The van der Waals surface area contributed by atoms with Crippen molar-refractivity contribution in [1.29, 1.82) is 0 Å². The lowest BCUT2D eigenvalue weighted by molar-refractivity contribution is 0.146. The molecule has 1 saturated heterocycles. The number of aliphatic imine (C=N–C) groups is 1. The summed E-state index contributed by atoms with van der Waals surface area (Å²) in [5.41, 5.74) is 1.78. The molecule has 1 unspecified atom stereocenters. The number of rotatable bonds is 7. The molecule has 0 aliphatic carbocycles. The Hall–Kier alpha value is -0.450. The Labute approximate surface area is 105 Å². The van der Waals surface area contributed by atoms with E-state index in [0.717, 1.165) is 12.8 Å². The van der Waals surface area contributed by atoms with Crippen LogP contribution in [0.4, 0.5) is 0 Å². The highest BCUT2D eigenvalue weighted by Gasteiger charge is 2.31. The highest BCUT2D eigenvalue weighted by molar-refractivity contribution is 5.84. The predicted molar refractivity (Wildman–Crippen MR) is 72.2 cm³/mol. The third-order valence-corrected chi connectivity index (χ3v) is 3.72. The highest BCUT2D eigenvalue weighted by atomic mass is 16.6. The second kappa shape index (κ2) is 7.09. The van der Waals surface area contributed by atoms with Gasteiger partial charge in [0, 0.05) is 12.3 Å². The van der Waals surface area contributed by atoms with Crippen molar-refractivity contribution in [2.45, 2.75) is 39.5 Å². The van der Waals surface area contributed by atoms with Gasteiger partial charge in [0.1, 0.15) is 0 Å². The summed E-state index contributed by atoms with van der Waals surface area (Å²) in [6, 6.07) is 0. The maximum absolute atomic E-state index is 4.99. The zero-order chi connectivity index (χ0) is 12.7. The summed E-state index contributed by atoms with van der Waals surface area (Å²) < 4.78 is 0. The molecule has 0 aromatic heterocycles. The van der Waals surface area contributed by atoms with Gasteiger partial charge in [0.25, 0.3) is 0 Å². The number of hydrogen-bond acceptors (Lipinski definition) is 4. The number of hydrogen-bond donors (Lipinski definition) is 1. The van der Waals surface area contributed by atoms with Gasteiger partial charge in [-0.15, -0.1) is 0 Å². The van der Waals surface area contributed by atoms with E-state index in [0.29, 0.717) is 18.6 Å². The second-order valence-corrected chi connectivity index (χ2v) is 5.47. The molecule has 0 saturated carbocycles. The first-order chi connectivity index (χ1) is 8.09. The second-order valence-electron chi connectivity index (χ2n) is 5.47. The van der Waals surface area contributed by atoms with Crippen LogP contribution in [0.3, 0.4) is 0 Å². The SMILES string of the molecule is CCC(CCC1(C)CCN(C)C1)=NCCON. The fourth-order valence-corrected chi connectivity index (χ4v) is 2.54. The van der Waals surface area contributed by atoms with Gasteiger partial charge in [-0.1, -0.05) is 13.8 Å². The van der Waals surface area contributed by atoms with Gasteiger partial charge in [0.2, 0.25) is 0 Å². The molecule has 100 valence electrons. The van der Waals surface area contributed by atoms with Crippen molar-refractivity contribution in [1.82, 2.24) is 4.90 Å². The molecule has 1 rings (SSSR count). The van der Waals surface area contributed by atoms with E-state index in [1.807, 2.05) is 0 Å². The average Bonchev–Trinajstić information content (AvgIpc) is 2.64. The lowest BCUT2D eigenvalue weighted by atomic mass is 9.83. The highest BCUT2D eigenvalue weighted by Crippen LogP contribution is 2.33. The largest absolute Gasteiger partial charge is 0.306 e. The lowest BCUT2D eigenvalue weighted by Gasteiger charge is -2.23. The third kappa shape index (κ3) is 5.15. The summed E-state index contributed by atoms with van der Waals surface area (Å²) in [6.07, 6.45) is 4.71. The minimum absolute atomic E-state index is 0.481. The van der Waals surface area contributed by atoms with Crippen molar-refractivity contribution in [3.63, 3.8) is 0 Å². The molecule has 0 amide bonds. The molecule has 0 aromatic carbocycles. The molecule has 0 bridgehead atoms. The third-order valence-electron chi connectivity index (χ3n) is 3.72. The summed E-state index contributed by atoms with van der Waals surface area (Å²) in [4.78, 5) is 11.5. The summed E-state index contributed by atoms with van der Waals surface area (Å²) in [7, 11) is 2.21. The molecule has 1 atom stereocenters. The van der Waals surface area contributed by atoms with Crippen LogP contribution >= 0.6 is 0 Å². The first kappa shape index (κ1) is 14.6. The summed E-state index contributed by atoms with van der Waals surface area (Å²) in [5, 5.41) is 0. The first-order valence-corrected chi connectivity index (χ1v) is 6.62. The average molecular weight is 241 g/mol. The van der Waals surface area contributed by atoms with Crippen molar-refractivity contribution in [3.05, 3.63) is 0 Å². The van der Waals surface area contributed by atoms with E-state index < -0.39 is 0 Å². The van der Waals surface area contributed by atoms with Crippen LogP contribution in [0.2, 0.25) is 0 Å². The van der Waals surface area contributed by atoms with Crippen LogP contribution < -0.4 is 5.90 Å². The van der Waals surface area contributed by atoms with Gasteiger partial charge in [-0.05, 0) is 44.7 Å². The molecule has 1 fully saturated rings. The van der Waals surface area contributed by atoms with Crippen LogP contribution in [-0.2, 0) is 4.84 Å². The Morgan fingerprint density at radius 3 is 2.82 bits per heavy atom. The minimum atomic E-state index is 0.481. The monoisotopic (exact) mass is 241 g/mol. The topological polar surface area (TPSA) is 50.8 Å². The maximum Gasteiger partial charge on any atom is 0.0874 e. The Balaban J connectivity index is 2.34. The molecule has 17 heavy (non-hydrogen) atoms. The van der Waals surface area contributed by atoms with Gasteiger partial charge in [0.05, 0.1) is 13.2 Å². The van der Waals surface area contributed by atoms with Gasteiger partial charge in [0.15, 0.2) is 0 Å². The van der Waals surface area contributed by atoms with E-state index in [1.54, 1.807) is 0 Å². The molecule has 0 spiro atoms. The quantitative estimate of drug-likeness (QED) is 0.420. The van der Waals surface area contributed by atoms with Crippen molar-refractivity contribution >= 4 is 5.71 Å². The van der Waals surface area contributed by atoms with E-state index >= 15 is 0 Å². The van der Waals surface area contributed by atoms with Crippen LogP contribution in [0.25, 0.3) is 0 Å². The molecule has 1 aliphatic heterocycles. The molecular formula is C13H27N3O. The van der Waals surface area contributed by atoms with Crippen LogP contribution in [0.5, 0.6) is 0 Å². The van der Waals surface area contributed by atoms with Gasteiger partial charge in [-0.2, -0.15) is 0 Å². The molecule has 4 nitrogen and oxygen atoms in total.